The van der Waals surface area contributed by atoms with Crippen molar-refractivity contribution >= 4 is 5.91 Å². The average Bonchev–Trinajstić information content (AvgIpc) is 2.45. The van der Waals surface area contributed by atoms with E-state index in [-0.39, 0.29) is 23.3 Å². The minimum Gasteiger partial charge on any atom is -0.406 e. The van der Waals surface area contributed by atoms with Gasteiger partial charge in [0, 0.05) is 18.7 Å². The van der Waals surface area contributed by atoms with Crippen LogP contribution in [0.3, 0.4) is 0 Å². The molecule has 1 aromatic rings. The summed E-state index contributed by atoms with van der Waals surface area (Å²) in [7, 11) is 1.70. The zero-order valence-electron chi connectivity index (χ0n) is 11.8. The van der Waals surface area contributed by atoms with E-state index in [0.717, 1.165) is 31.7 Å². The van der Waals surface area contributed by atoms with Crippen LogP contribution in [0.1, 0.15) is 42.5 Å². The van der Waals surface area contributed by atoms with E-state index in [0.29, 0.717) is 0 Å². The zero-order valence-corrected chi connectivity index (χ0v) is 11.8. The molecule has 0 bridgehead atoms. The van der Waals surface area contributed by atoms with E-state index in [9.17, 15) is 18.0 Å². The molecule has 0 unspecified atom stereocenters. The fraction of sp³-hybridized carbons (Fsp3) is 0.533. The van der Waals surface area contributed by atoms with Crippen LogP contribution >= 0.6 is 0 Å². The average molecular weight is 301 g/mol. The Balaban J connectivity index is 2.09. The highest BCUT2D eigenvalue weighted by molar-refractivity contribution is 5.94. The minimum atomic E-state index is -4.75. The smallest absolute Gasteiger partial charge is 0.406 e. The van der Waals surface area contributed by atoms with Crippen LogP contribution in [-0.4, -0.2) is 30.3 Å². The van der Waals surface area contributed by atoms with Crippen molar-refractivity contribution in [2.75, 3.05) is 7.05 Å². The molecule has 6 heteroatoms. The van der Waals surface area contributed by atoms with Gasteiger partial charge < -0.3 is 9.64 Å². The molecular formula is C15H18F3NO2. The summed E-state index contributed by atoms with van der Waals surface area (Å²) in [5, 5.41) is 0. The van der Waals surface area contributed by atoms with E-state index in [1.54, 1.807) is 11.9 Å². The number of nitrogens with zero attached hydrogens (tertiary/aromatic N) is 1. The van der Waals surface area contributed by atoms with Gasteiger partial charge in [0.2, 0.25) is 0 Å². The predicted octanol–water partition coefficient (Wildman–Crippen LogP) is 3.99. The van der Waals surface area contributed by atoms with Crippen molar-refractivity contribution in [3.05, 3.63) is 29.8 Å². The number of hydrogen-bond acceptors (Lipinski definition) is 2. The molecule has 0 saturated heterocycles. The Bertz CT molecular complexity index is 496. The lowest BCUT2D eigenvalue weighted by atomic mass is 9.94. The maximum absolute atomic E-state index is 12.4. The first-order valence-corrected chi connectivity index (χ1v) is 7.00. The second-order valence-electron chi connectivity index (χ2n) is 5.28. The molecule has 3 nitrogen and oxygen atoms in total. The number of halogens is 3. The normalized spacial score (nSPS) is 16.6. The topological polar surface area (TPSA) is 29.5 Å². The summed E-state index contributed by atoms with van der Waals surface area (Å²) in [6.07, 6.45) is 0.478. The van der Waals surface area contributed by atoms with E-state index in [2.05, 4.69) is 4.74 Å². The van der Waals surface area contributed by atoms with E-state index in [4.69, 9.17) is 0 Å². The summed E-state index contributed by atoms with van der Waals surface area (Å²) in [4.78, 5) is 14.0. The highest BCUT2D eigenvalue weighted by Crippen LogP contribution is 2.26. The Morgan fingerprint density at radius 2 is 1.90 bits per heavy atom. The quantitative estimate of drug-likeness (QED) is 0.845. The Kier molecular flexibility index (Phi) is 4.75. The van der Waals surface area contributed by atoms with Gasteiger partial charge in [0.1, 0.15) is 5.75 Å². The molecule has 1 amide bonds. The Morgan fingerprint density at radius 3 is 2.52 bits per heavy atom. The van der Waals surface area contributed by atoms with Gasteiger partial charge in [0.05, 0.1) is 0 Å². The lowest BCUT2D eigenvalue weighted by Gasteiger charge is -2.31. The fourth-order valence-electron chi connectivity index (χ4n) is 2.66. The molecule has 1 fully saturated rings. The predicted molar refractivity (Wildman–Crippen MR) is 72.1 cm³/mol. The first kappa shape index (κ1) is 15.7. The molecule has 0 aromatic heterocycles. The lowest BCUT2D eigenvalue weighted by molar-refractivity contribution is -0.274. The molecule has 0 aliphatic heterocycles. The molecule has 116 valence electrons. The van der Waals surface area contributed by atoms with Crippen molar-refractivity contribution in [2.24, 2.45) is 0 Å². The fourth-order valence-corrected chi connectivity index (χ4v) is 2.66. The van der Waals surface area contributed by atoms with Crippen molar-refractivity contribution in [3.63, 3.8) is 0 Å². The molecule has 0 radical (unpaired) electrons. The standard InChI is InChI=1S/C15H18F3NO2/c1-19(12-7-3-2-4-8-12)14(20)11-6-5-9-13(10-11)21-15(16,17)18/h5-6,9-10,12H,2-4,7-8H2,1H3. The number of amides is 1. The number of carbonyl (C=O) groups is 1. The lowest BCUT2D eigenvalue weighted by Crippen LogP contribution is -2.38. The van der Waals surface area contributed by atoms with E-state index in [1.807, 2.05) is 0 Å². The van der Waals surface area contributed by atoms with E-state index < -0.39 is 6.36 Å². The van der Waals surface area contributed by atoms with Gasteiger partial charge in [0.15, 0.2) is 0 Å². The monoisotopic (exact) mass is 301 g/mol. The molecule has 0 N–H and O–H groups in total. The number of hydrogen-bond donors (Lipinski definition) is 0. The molecule has 0 spiro atoms. The second-order valence-corrected chi connectivity index (χ2v) is 5.28. The van der Waals surface area contributed by atoms with Crippen molar-refractivity contribution in [3.8, 4) is 5.75 Å². The van der Waals surface area contributed by atoms with Crippen LogP contribution in [0.25, 0.3) is 0 Å². The van der Waals surface area contributed by atoms with Crippen LogP contribution in [-0.2, 0) is 0 Å². The van der Waals surface area contributed by atoms with Gasteiger partial charge >= 0.3 is 6.36 Å². The summed E-state index contributed by atoms with van der Waals surface area (Å²) in [5.74, 6) is -0.639. The van der Waals surface area contributed by atoms with Gasteiger partial charge in [-0.15, -0.1) is 13.2 Å². The summed E-state index contributed by atoms with van der Waals surface area (Å²) in [6, 6.07) is 5.38. The van der Waals surface area contributed by atoms with Crippen molar-refractivity contribution in [1.82, 2.24) is 4.90 Å². The van der Waals surface area contributed by atoms with Gasteiger partial charge in [0.25, 0.3) is 5.91 Å². The summed E-state index contributed by atoms with van der Waals surface area (Å²) in [6.45, 7) is 0. The molecule has 2 rings (SSSR count). The number of benzene rings is 1. The van der Waals surface area contributed by atoms with Crippen LogP contribution in [0.4, 0.5) is 13.2 Å². The van der Waals surface area contributed by atoms with E-state index in [1.165, 1.54) is 24.6 Å². The number of rotatable bonds is 3. The number of carbonyl (C=O) groups excluding carboxylic acids is 1. The molecule has 0 atom stereocenters. The van der Waals surface area contributed by atoms with Gasteiger partial charge in [-0.3, -0.25) is 4.79 Å². The van der Waals surface area contributed by atoms with Crippen molar-refractivity contribution in [2.45, 2.75) is 44.5 Å². The molecule has 1 aromatic carbocycles. The van der Waals surface area contributed by atoms with Crippen LogP contribution in [0.15, 0.2) is 24.3 Å². The van der Waals surface area contributed by atoms with Crippen molar-refractivity contribution < 1.29 is 22.7 Å². The van der Waals surface area contributed by atoms with Crippen LogP contribution < -0.4 is 4.74 Å². The first-order chi connectivity index (χ1) is 9.87. The highest BCUT2D eigenvalue weighted by atomic mass is 19.4. The Morgan fingerprint density at radius 1 is 1.24 bits per heavy atom. The van der Waals surface area contributed by atoms with Crippen LogP contribution in [0.5, 0.6) is 5.75 Å². The van der Waals surface area contributed by atoms with Gasteiger partial charge in [-0.25, -0.2) is 0 Å². The molecular weight excluding hydrogens is 283 g/mol. The summed E-state index contributed by atoms with van der Waals surface area (Å²) >= 11 is 0. The second kappa shape index (κ2) is 6.37. The third-order valence-corrected chi connectivity index (χ3v) is 3.76. The third kappa shape index (κ3) is 4.37. The highest BCUT2D eigenvalue weighted by Gasteiger charge is 2.31. The molecule has 1 aliphatic rings. The Hall–Kier alpha value is -1.72. The first-order valence-electron chi connectivity index (χ1n) is 7.00. The SMILES string of the molecule is CN(C(=O)c1cccc(OC(F)(F)F)c1)C1CCCCC1. The molecule has 0 heterocycles. The third-order valence-electron chi connectivity index (χ3n) is 3.76. The zero-order chi connectivity index (χ0) is 15.5. The molecule has 1 aliphatic carbocycles. The van der Waals surface area contributed by atoms with Crippen LogP contribution in [0.2, 0.25) is 0 Å². The maximum atomic E-state index is 12.4. The van der Waals surface area contributed by atoms with E-state index >= 15 is 0 Å². The largest absolute Gasteiger partial charge is 0.573 e. The summed E-state index contributed by atoms with van der Waals surface area (Å²) < 4.78 is 40.5. The van der Waals surface area contributed by atoms with Gasteiger partial charge in [-0.1, -0.05) is 25.3 Å². The maximum Gasteiger partial charge on any atom is 0.573 e. The Labute approximate surface area is 121 Å². The summed E-state index contributed by atoms with van der Waals surface area (Å²) in [5.41, 5.74) is 0.213. The van der Waals surface area contributed by atoms with Gasteiger partial charge in [-0.2, -0.15) is 0 Å². The van der Waals surface area contributed by atoms with Crippen LogP contribution in [0, 0.1) is 0 Å². The number of ether oxygens (including phenoxy) is 1. The van der Waals surface area contributed by atoms with Crippen molar-refractivity contribution in [1.29, 1.82) is 0 Å². The molecule has 21 heavy (non-hydrogen) atoms. The number of alkyl halides is 3. The minimum absolute atomic E-state index is 0.165. The van der Waals surface area contributed by atoms with Gasteiger partial charge in [-0.05, 0) is 31.0 Å². The molecule has 1 saturated carbocycles.